The highest BCUT2D eigenvalue weighted by Crippen LogP contribution is 2.33. The topological polar surface area (TPSA) is 47.6 Å². The molecule has 25 heavy (non-hydrogen) atoms. The monoisotopic (exact) mass is 337 g/mol. The molecule has 1 heterocycles. The number of carbonyl (C=O) groups is 1. The zero-order chi connectivity index (χ0) is 18.1. The minimum atomic E-state index is -0.379. The van der Waals surface area contributed by atoms with E-state index in [9.17, 15) is 4.79 Å². The van der Waals surface area contributed by atoms with Gasteiger partial charge in [0.05, 0.1) is 17.7 Å². The number of benzene rings is 2. The number of nitrogens with one attached hydrogen (secondary N) is 1. The number of rotatable bonds is 3. The Morgan fingerprint density at radius 1 is 0.960 bits per heavy atom. The van der Waals surface area contributed by atoms with E-state index in [-0.39, 0.29) is 24.0 Å². The van der Waals surface area contributed by atoms with E-state index in [1.165, 1.54) is 0 Å². The summed E-state index contributed by atoms with van der Waals surface area (Å²) in [6, 6.07) is 16.9. The normalized spacial score (nSPS) is 18.6. The van der Waals surface area contributed by atoms with Crippen LogP contribution in [0.5, 0.6) is 0 Å². The summed E-state index contributed by atoms with van der Waals surface area (Å²) in [7, 11) is 0. The Morgan fingerprint density at radius 3 is 2.20 bits per heavy atom. The van der Waals surface area contributed by atoms with Crippen LogP contribution in [0.1, 0.15) is 38.1 Å². The predicted octanol–water partition coefficient (Wildman–Crippen LogP) is 3.28. The van der Waals surface area contributed by atoms with Gasteiger partial charge in [-0.05, 0) is 57.4 Å². The van der Waals surface area contributed by atoms with E-state index in [2.05, 4.69) is 5.32 Å². The fourth-order valence-electron chi connectivity index (χ4n) is 2.73. The van der Waals surface area contributed by atoms with Crippen LogP contribution in [0, 0.1) is 0 Å². The Labute approximate surface area is 149 Å². The predicted molar refractivity (Wildman–Crippen MR) is 101 cm³/mol. The standard InChI is InChI=1S/C20H24BNO3/c1-19(2)20(3,4)25-21(14-24-19)16-10-12-17(13-11-16)22-18(23)15-8-6-5-7-9-15/h5-13H,14H2,1-4H3,(H,22,23). The molecule has 0 aromatic heterocycles. The Kier molecular flexibility index (Phi) is 4.72. The number of anilines is 1. The van der Waals surface area contributed by atoms with Crippen LogP contribution in [0.3, 0.4) is 0 Å². The summed E-state index contributed by atoms with van der Waals surface area (Å²) in [4.78, 5) is 12.2. The molecule has 2 aromatic carbocycles. The minimum absolute atomic E-state index is 0.109. The SMILES string of the molecule is CC1(C)OCB(c2ccc(NC(=O)c3ccccc3)cc2)OC1(C)C. The van der Waals surface area contributed by atoms with Gasteiger partial charge in [0.25, 0.3) is 5.91 Å². The molecule has 0 saturated carbocycles. The molecule has 0 radical (unpaired) electrons. The van der Waals surface area contributed by atoms with Gasteiger partial charge in [-0.2, -0.15) is 0 Å². The first-order valence-electron chi connectivity index (χ1n) is 8.57. The van der Waals surface area contributed by atoms with Crippen molar-refractivity contribution in [1.82, 2.24) is 0 Å². The van der Waals surface area contributed by atoms with Gasteiger partial charge in [-0.15, -0.1) is 0 Å². The van der Waals surface area contributed by atoms with Crippen LogP contribution < -0.4 is 10.8 Å². The molecule has 2 aromatic rings. The Bertz CT molecular complexity index is 741. The average molecular weight is 337 g/mol. The summed E-state index contributed by atoms with van der Waals surface area (Å²) in [6.45, 7) is 8.60. The first-order valence-corrected chi connectivity index (χ1v) is 8.57. The Morgan fingerprint density at radius 2 is 1.60 bits per heavy atom. The number of hydrogen-bond acceptors (Lipinski definition) is 3. The Hall–Kier alpha value is -2.11. The zero-order valence-corrected chi connectivity index (χ0v) is 15.2. The molecule has 0 unspecified atom stereocenters. The lowest BCUT2D eigenvalue weighted by atomic mass is 9.59. The van der Waals surface area contributed by atoms with Gasteiger partial charge in [-0.1, -0.05) is 30.3 Å². The molecule has 1 fully saturated rings. The van der Waals surface area contributed by atoms with Crippen molar-refractivity contribution in [2.45, 2.75) is 38.9 Å². The smallest absolute Gasteiger partial charge is 0.354 e. The fraction of sp³-hybridized carbons (Fsp3) is 0.350. The third-order valence-electron chi connectivity index (χ3n) is 5.06. The van der Waals surface area contributed by atoms with Crippen LogP contribution in [0.15, 0.2) is 54.6 Å². The van der Waals surface area contributed by atoms with Crippen molar-refractivity contribution in [3.05, 3.63) is 60.2 Å². The van der Waals surface area contributed by atoms with Gasteiger partial charge < -0.3 is 14.7 Å². The van der Waals surface area contributed by atoms with Crippen molar-refractivity contribution < 1.29 is 14.2 Å². The van der Waals surface area contributed by atoms with E-state index < -0.39 is 0 Å². The summed E-state index contributed by atoms with van der Waals surface area (Å²) >= 11 is 0. The minimum Gasteiger partial charge on any atom is -0.421 e. The summed E-state index contributed by atoms with van der Waals surface area (Å²) in [5, 5.41) is 2.91. The molecule has 1 aliphatic heterocycles. The highest BCUT2D eigenvalue weighted by molar-refractivity contribution is 6.67. The van der Waals surface area contributed by atoms with Crippen molar-refractivity contribution in [2.75, 3.05) is 11.8 Å². The highest BCUT2D eigenvalue weighted by Gasteiger charge is 2.46. The molecule has 5 heteroatoms. The van der Waals surface area contributed by atoms with Crippen LogP contribution in [-0.4, -0.2) is 30.5 Å². The fourth-order valence-corrected chi connectivity index (χ4v) is 2.73. The van der Waals surface area contributed by atoms with Crippen LogP contribution in [-0.2, 0) is 9.39 Å². The van der Waals surface area contributed by atoms with Gasteiger partial charge in [0.2, 0.25) is 0 Å². The van der Waals surface area contributed by atoms with E-state index in [4.69, 9.17) is 9.39 Å². The van der Waals surface area contributed by atoms with Crippen molar-refractivity contribution in [3.8, 4) is 0 Å². The molecule has 1 aliphatic rings. The zero-order valence-electron chi connectivity index (χ0n) is 15.2. The molecule has 1 N–H and O–H groups in total. The van der Waals surface area contributed by atoms with Gasteiger partial charge in [0.1, 0.15) is 0 Å². The maximum absolute atomic E-state index is 12.2. The first-order chi connectivity index (χ1) is 11.8. The van der Waals surface area contributed by atoms with Crippen LogP contribution in [0.2, 0.25) is 0 Å². The van der Waals surface area contributed by atoms with E-state index in [0.717, 1.165) is 11.2 Å². The molecule has 4 nitrogen and oxygen atoms in total. The molecule has 1 saturated heterocycles. The summed E-state index contributed by atoms with van der Waals surface area (Å²) < 4.78 is 12.3. The van der Waals surface area contributed by atoms with Crippen molar-refractivity contribution in [3.63, 3.8) is 0 Å². The molecule has 3 rings (SSSR count). The maximum Gasteiger partial charge on any atom is 0.354 e. The Balaban J connectivity index is 1.68. The van der Waals surface area contributed by atoms with Crippen LogP contribution >= 0.6 is 0 Å². The van der Waals surface area contributed by atoms with E-state index in [0.29, 0.717) is 12.1 Å². The van der Waals surface area contributed by atoms with Gasteiger partial charge >= 0.3 is 6.92 Å². The molecule has 0 aliphatic carbocycles. The molecule has 0 atom stereocenters. The second-order valence-corrected chi connectivity index (χ2v) is 7.38. The number of amides is 1. The molecule has 0 spiro atoms. The lowest BCUT2D eigenvalue weighted by molar-refractivity contribution is -0.152. The molecule has 130 valence electrons. The van der Waals surface area contributed by atoms with Crippen molar-refractivity contribution >= 4 is 24.0 Å². The van der Waals surface area contributed by atoms with Gasteiger partial charge in [0, 0.05) is 11.3 Å². The first kappa shape index (κ1) is 17.7. The largest absolute Gasteiger partial charge is 0.421 e. The third-order valence-corrected chi connectivity index (χ3v) is 5.06. The summed E-state index contributed by atoms with van der Waals surface area (Å²) in [6.07, 6.45) is 0. The summed E-state index contributed by atoms with van der Waals surface area (Å²) in [5.41, 5.74) is 1.73. The molecule has 0 bridgehead atoms. The average Bonchev–Trinajstić information content (AvgIpc) is 2.59. The highest BCUT2D eigenvalue weighted by atomic mass is 16.6. The molecule has 1 amide bonds. The quantitative estimate of drug-likeness (QED) is 0.875. The van der Waals surface area contributed by atoms with E-state index >= 15 is 0 Å². The lowest BCUT2D eigenvalue weighted by Gasteiger charge is -2.47. The second-order valence-electron chi connectivity index (χ2n) is 7.38. The molecular formula is C20H24BNO3. The maximum atomic E-state index is 12.2. The van der Waals surface area contributed by atoms with Crippen molar-refractivity contribution in [2.24, 2.45) is 0 Å². The second kappa shape index (κ2) is 6.66. The number of hydrogen-bond donors (Lipinski definition) is 1. The van der Waals surface area contributed by atoms with Gasteiger partial charge in [-0.3, -0.25) is 4.79 Å². The molecular weight excluding hydrogens is 313 g/mol. The van der Waals surface area contributed by atoms with E-state index in [1.807, 2.05) is 70.2 Å². The van der Waals surface area contributed by atoms with Gasteiger partial charge in [-0.25, -0.2) is 0 Å². The third kappa shape index (κ3) is 3.78. The van der Waals surface area contributed by atoms with Crippen molar-refractivity contribution in [1.29, 1.82) is 0 Å². The summed E-state index contributed by atoms with van der Waals surface area (Å²) in [5.74, 6) is -0.117. The lowest BCUT2D eigenvalue weighted by Crippen LogP contribution is -2.61. The van der Waals surface area contributed by atoms with Crippen LogP contribution in [0.25, 0.3) is 0 Å². The van der Waals surface area contributed by atoms with Gasteiger partial charge in [0.15, 0.2) is 0 Å². The van der Waals surface area contributed by atoms with E-state index in [1.54, 1.807) is 12.1 Å². The number of carbonyl (C=O) groups excluding carboxylic acids is 1. The van der Waals surface area contributed by atoms with Crippen LogP contribution in [0.4, 0.5) is 5.69 Å². The number of ether oxygens (including phenoxy) is 1.